The molecule has 1 heterocycles. The Kier molecular flexibility index (Phi) is 6.55. The quantitative estimate of drug-likeness (QED) is 0.726. The molecule has 4 nitrogen and oxygen atoms in total. The van der Waals surface area contributed by atoms with Crippen LogP contribution in [0.15, 0.2) is 6.20 Å². The largest absolute Gasteiger partial charge is 0.383 e. The fourth-order valence-electron chi connectivity index (χ4n) is 1.79. The standard InChI is InChI=1S/C12H22ClN3O/c1-4-16-12(11(13)9-15-16)7-10(2)8-14-5-6-17-3/h9-10,14H,4-8H2,1-3H3. The molecule has 1 aromatic heterocycles. The average molecular weight is 260 g/mol. The van der Waals surface area contributed by atoms with Crippen molar-refractivity contribution in [1.29, 1.82) is 0 Å². The van der Waals surface area contributed by atoms with E-state index in [-0.39, 0.29) is 0 Å². The Morgan fingerprint density at radius 3 is 3.00 bits per heavy atom. The summed E-state index contributed by atoms with van der Waals surface area (Å²) in [6.45, 7) is 7.76. The molecular weight excluding hydrogens is 238 g/mol. The van der Waals surface area contributed by atoms with E-state index in [4.69, 9.17) is 16.3 Å². The van der Waals surface area contributed by atoms with Gasteiger partial charge in [-0.25, -0.2) is 0 Å². The zero-order valence-electron chi connectivity index (χ0n) is 10.9. The van der Waals surface area contributed by atoms with Gasteiger partial charge >= 0.3 is 0 Å². The Labute approximate surface area is 108 Å². The van der Waals surface area contributed by atoms with Crippen molar-refractivity contribution in [1.82, 2.24) is 15.1 Å². The molecule has 0 amide bonds. The lowest BCUT2D eigenvalue weighted by molar-refractivity contribution is 0.198. The van der Waals surface area contributed by atoms with Gasteiger partial charge in [0.05, 0.1) is 23.5 Å². The number of hydrogen-bond donors (Lipinski definition) is 1. The van der Waals surface area contributed by atoms with E-state index in [0.717, 1.165) is 43.4 Å². The van der Waals surface area contributed by atoms with Crippen LogP contribution >= 0.6 is 11.6 Å². The molecule has 98 valence electrons. The minimum atomic E-state index is 0.534. The Morgan fingerprint density at radius 2 is 2.35 bits per heavy atom. The molecule has 1 N–H and O–H groups in total. The van der Waals surface area contributed by atoms with Gasteiger partial charge in [-0.15, -0.1) is 0 Å². The van der Waals surface area contributed by atoms with Crippen LogP contribution in [0.2, 0.25) is 5.02 Å². The summed E-state index contributed by atoms with van der Waals surface area (Å²) in [4.78, 5) is 0. The van der Waals surface area contributed by atoms with Crippen LogP contribution < -0.4 is 5.32 Å². The van der Waals surface area contributed by atoms with Crippen LogP contribution in [0.4, 0.5) is 0 Å². The van der Waals surface area contributed by atoms with Crippen LogP contribution in [0.5, 0.6) is 0 Å². The Hall–Kier alpha value is -0.580. The van der Waals surface area contributed by atoms with Crippen molar-refractivity contribution < 1.29 is 4.74 Å². The van der Waals surface area contributed by atoms with Crippen molar-refractivity contribution in [2.45, 2.75) is 26.8 Å². The first-order valence-electron chi connectivity index (χ1n) is 6.08. The number of aryl methyl sites for hydroxylation is 1. The minimum Gasteiger partial charge on any atom is -0.383 e. The van der Waals surface area contributed by atoms with Crippen LogP contribution in [0, 0.1) is 5.92 Å². The van der Waals surface area contributed by atoms with Gasteiger partial charge in [0.15, 0.2) is 0 Å². The molecule has 0 saturated heterocycles. The molecule has 0 aliphatic carbocycles. The molecule has 0 aliphatic heterocycles. The van der Waals surface area contributed by atoms with Crippen LogP contribution in [-0.4, -0.2) is 36.6 Å². The summed E-state index contributed by atoms with van der Waals surface area (Å²) >= 11 is 6.13. The number of ether oxygens (including phenoxy) is 1. The van der Waals surface area contributed by atoms with Gasteiger partial charge in [0, 0.05) is 20.2 Å². The van der Waals surface area contributed by atoms with E-state index in [0.29, 0.717) is 5.92 Å². The summed E-state index contributed by atoms with van der Waals surface area (Å²) in [6, 6.07) is 0. The highest BCUT2D eigenvalue weighted by molar-refractivity contribution is 6.31. The zero-order chi connectivity index (χ0) is 12.7. The van der Waals surface area contributed by atoms with Crippen molar-refractivity contribution in [3.63, 3.8) is 0 Å². The minimum absolute atomic E-state index is 0.534. The van der Waals surface area contributed by atoms with Crippen molar-refractivity contribution in [2.24, 2.45) is 5.92 Å². The molecule has 17 heavy (non-hydrogen) atoms. The molecule has 0 radical (unpaired) electrons. The highest BCUT2D eigenvalue weighted by Gasteiger charge is 2.11. The maximum Gasteiger partial charge on any atom is 0.0817 e. The number of hydrogen-bond acceptors (Lipinski definition) is 3. The monoisotopic (exact) mass is 259 g/mol. The molecule has 0 fully saturated rings. The highest BCUT2D eigenvalue weighted by atomic mass is 35.5. The van der Waals surface area contributed by atoms with Gasteiger partial charge in [0.25, 0.3) is 0 Å². The second kappa shape index (κ2) is 7.69. The van der Waals surface area contributed by atoms with Gasteiger partial charge in [-0.3, -0.25) is 4.68 Å². The van der Waals surface area contributed by atoms with Crippen LogP contribution in [-0.2, 0) is 17.7 Å². The molecule has 0 saturated carbocycles. The SMILES string of the molecule is CCn1ncc(Cl)c1CC(C)CNCCOC. The van der Waals surface area contributed by atoms with Gasteiger partial charge in [-0.1, -0.05) is 18.5 Å². The summed E-state index contributed by atoms with van der Waals surface area (Å²) < 4.78 is 6.95. The van der Waals surface area contributed by atoms with E-state index in [9.17, 15) is 0 Å². The maximum absolute atomic E-state index is 6.13. The van der Waals surface area contributed by atoms with Gasteiger partial charge in [-0.05, 0) is 25.8 Å². The van der Waals surface area contributed by atoms with Gasteiger partial charge < -0.3 is 10.1 Å². The molecular formula is C12H22ClN3O. The number of nitrogens with zero attached hydrogens (tertiary/aromatic N) is 2. The van der Waals surface area contributed by atoms with Crippen LogP contribution in [0.3, 0.4) is 0 Å². The summed E-state index contributed by atoms with van der Waals surface area (Å²) in [6.07, 6.45) is 2.68. The van der Waals surface area contributed by atoms with Crippen molar-refractivity contribution >= 4 is 11.6 Å². The summed E-state index contributed by atoms with van der Waals surface area (Å²) in [7, 11) is 1.71. The predicted molar refractivity (Wildman–Crippen MR) is 70.5 cm³/mol. The molecule has 1 rings (SSSR count). The predicted octanol–water partition coefficient (Wildman–Crippen LogP) is 1.97. The Balaban J connectivity index is 2.39. The van der Waals surface area contributed by atoms with Crippen molar-refractivity contribution in [2.75, 3.05) is 26.8 Å². The smallest absolute Gasteiger partial charge is 0.0817 e. The maximum atomic E-state index is 6.13. The van der Waals surface area contributed by atoms with E-state index in [2.05, 4.69) is 24.3 Å². The first-order valence-corrected chi connectivity index (χ1v) is 6.46. The third kappa shape index (κ3) is 4.66. The molecule has 0 aliphatic rings. The lowest BCUT2D eigenvalue weighted by atomic mass is 10.1. The Morgan fingerprint density at radius 1 is 1.59 bits per heavy atom. The van der Waals surface area contributed by atoms with E-state index < -0.39 is 0 Å². The lowest BCUT2D eigenvalue weighted by Gasteiger charge is -2.13. The normalized spacial score (nSPS) is 12.9. The zero-order valence-corrected chi connectivity index (χ0v) is 11.6. The first kappa shape index (κ1) is 14.5. The van der Waals surface area contributed by atoms with E-state index in [1.165, 1.54) is 0 Å². The number of aromatic nitrogens is 2. The molecule has 5 heteroatoms. The fraction of sp³-hybridized carbons (Fsp3) is 0.750. The molecule has 1 aromatic rings. The third-order valence-electron chi connectivity index (χ3n) is 2.71. The summed E-state index contributed by atoms with van der Waals surface area (Å²) in [5.74, 6) is 0.534. The molecule has 1 unspecified atom stereocenters. The number of methoxy groups -OCH3 is 1. The molecule has 0 aromatic carbocycles. The first-order chi connectivity index (χ1) is 8.19. The topological polar surface area (TPSA) is 39.1 Å². The molecule has 0 spiro atoms. The van der Waals surface area contributed by atoms with Crippen LogP contribution in [0.1, 0.15) is 19.5 Å². The van der Waals surface area contributed by atoms with Crippen molar-refractivity contribution in [3.05, 3.63) is 16.9 Å². The highest BCUT2D eigenvalue weighted by Crippen LogP contribution is 2.18. The number of nitrogens with one attached hydrogen (secondary N) is 1. The number of rotatable bonds is 8. The van der Waals surface area contributed by atoms with E-state index >= 15 is 0 Å². The Bertz CT molecular complexity index is 328. The lowest BCUT2D eigenvalue weighted by Crippen LogP contribution is -2.26. The van der Waals surface area contributed by atoms with Crippen LogP contribution in [0.25, 0.3) is 0 Å². The second-order valence-electron chi connectivity index (χ2n) is 4.26. The van der Waals surface area contributed by atoms with Crippen molar-refractivity contribution in [3.8, 4) is 0 Å². The molecule has 1 atom stereocenters. The fourth-order valence-corrected chi connectivity index (χ4v) is 2.01. The summed E-state index contributed by atoms with van der Waals surface area (Å²) in [5.41, 5.74) is 1.13. The van der Waals surface area contributed by atoms with Gasteiger partial charge in [0.2, 0.25) is 0 Å². The number of halogens is 1. The van der Waals surface area contributed by atoms with E-state index in [1.807, 2.05) is 4.68 Å². The van der Waals surface area contributed by atoms with Gasteiger partial charge in [0.1, 0.15) is 0 Å². The van der Waals surface area contributed by atoms with E-state index in [1.54, 1.807) is 13.3 Å². The second-order valence-corrected chi connectivity index (χ2v) is 4.67. The molecule has 0 bridgehead atoms. The average Bonchev–Trinajstić information content (AvgIpc) is 2.66. The van der Waals surface area contributed by atoms with Gasteiger partial charge in [-0.2, -0.15) is 5.10 Å². The third-order valence-corrected chi connectivity index (χ3v) is 3.03. The summed E-state index contributed by atoms with van der Waals surface area (Å²) in [5, 5.41) is 8.37.